The maximum atomic E-state index is 14.8. The van der Waals surface area contributed by atoms with Crippen molar-refractivity contribution in [2.45, 2.75) is 0 Å². The first-order chi connectivity index (χ1) is 17.8. The molecule has 4 rings (SSSR count). The predicted molar refractivity (Wildman–Crippen MR) is 126 cm³/mol. The van der Waals surface area contributed by atoms with Crippen LogP contribution in [0.1, 0.15) is 20.8 Å². The molecule has 0 fully saturated rings. The summed E-state index contributed by atoms with van der Waals surface area (Å²) >= 11 is 0. The minimum absolute atomic E-state index is 0.0645. The van der Waals surface area contributed by atoms with Crippen molar-refractivity contribution in [3.8, 4) is 22.4 Å². The number of nitrogens with zero attached hydrogens (tertiary/aromatic N) is 4. The first kappa shape index (κ1) is 24.5. The lowest BCUT2D eigenvalue weighted by molar-refractivity contribution is -0.384. The molecule has 0 aliphatic rings. The van der Waals surface area contributed by atoms with Crippen LogP contribution in [-0.4, -0.2) is 42.8 Å². The van der Waals surface area contributed by atoms with Crippen LogP contribution >= 0.6 is 0 Å². The lowest BCUT2D eigenvalue weighted by Gasteiger charge is -2.11. The van der Waals surface area contributed by atoms with Crippen LogP contribution in [0.5, 0.6) is 0 Å². The van der Waals surface area contributed by atoms with E-state index in [0.717, 1.165) is 12.1 Å². The number of aromatic nitrogens is 3. The molecule has 0 aliphatic heterocycles. The second-order valence-electron chi connectivity index (χ2n) is 7.34. The van der Waals surface area contributed by atoms with E-state index in [1.165, 1.54) is 60.9 Å². The van der Waals surface area contributed by atoms with Crippen LogP contribution in [0.4, 0.5) is 14.9 Å². The zero-order chi connectivity index (χ0) is 26.5. The fourth-order valence-corrected chi connectivity index (χ4v) is 3.43. The first-order valence-corrected chi connectivity index (χ1v) is 10.4. The Bertz CT molecular complexity index is 1520. The molecule has 186 valence electrons. The monoisotopic (exact) mass is 505 g/mol. The molecule has 14 heteroatoms. The van der Waals surface area contributed by atoms with Crippen LogP contribution in [0.25, 0.3) is 22.4 Å². The minimum atomic E-state index is -1.61. The first-order valence-electron chi connectivity index (χ1n) is 10.4. The highest BCUT2D eigenvalue weighted by atomic mass is 19.1. The molecule has 0 radical (unpaired) electrons. The van der Waals surface area contributed by atoms with Gasteiger partial charge >= 0.3 is 6.09 Å². The molecule has 0 spiro atoms. The average Bonchev–Trinajstić information content (AvgIpc) is 3.26. The summed E-state index contributed by atoms with van der Waals surface area (Å²) < 4.78 is 14.8. The molecule has 0 unspecified atom stereocenters. The molecular weight excluding hydrogens is 489 g/mol. The molecule has 2 aromatic carbocycles. The van der Waals surface area contributed by atoms with Crippen LogP contribution in [0.2, 0.25) is 0 Å². The van der Waals surface area contributed by atoms with Crippen molar-refractivity contribution in [2.75, 3.05) is 5.43 Å². The molecule has 0 aliphatic carbocycles. The van der Waals surface area contributed by atoms with Crippen molar-refractivity contribution in [3.05, 3.63) is 100 Å². The summed E-state index contributed by atoms with van der Waals surface area (Å²) in [6.07, 6.45) is 1.09. The second-order valence-corrected chi connectivity index (χ2v) is 7.34. The third-order valence-electron chi connectivity index (χ3n) is 4.99. The topological polar surface area (TPSA) is 181 Å². The molecule has 4 aromatic rings. The van der Waals surface area contributed by atoms with Crippen LogP contribution in [0.15, 0.2) is 73.1 Å². The summed E-state index contributed by atoms with van der Waals surface area (Å²) in [6.45, 7) is 0. The molecule has 0 saturated carbocycles. The maximum Gasteiger partial charge on any atom is 0.425 e. The van der Waals surface area contributed by atoms with E-state index in [2.05, 4.69) is 20.9 Å². The molecule has 2 aromatic heterocycles. The Morgan fingerprint density at radius 1 is 1.00 bits per heavy atom. The Morgan fingerprint density at radius 2 is 1.76 bits per heavy atom. The van der Waals surface area contributed by atoms with E-state index < -0.39 is 34.3 Å². The number of pyridine rings is 1. The number of halogens is 1. The van der Waals surface area contributed by atoms with Crippen molar-refractivity contribution in [1.82, 2.24) is 25.7 Å². The number of benzene rings is 2. The number of nitro benzene ring substituents is 1. The van der Waals surface area contributed by atoms with Gasteiger partial charge in [0.2, 0.25) is 0 Å². The van der Waals surface area contributed by atoms with Gasteiger partial charge in [0, 0.05) is 35.7 Å². The summed E-state index contributed by atoms with van der Waals surface area (Å²) in [5, 5.41) is 24.8. The van der Waals surface area contributed by atoms with Gasteiger partial charge in [0.05, 0.1) is 10.5 Å². The summed E-state index contributed by atoms with van der Waals surface area (Å²) in [4.78, 5) is 52.2. The summed E-state index contributed by atoms with van der Waals surface area (Å²) in [6, 6.07) is 13.4. The number of hydrazine groups is 1. The van der Waals surface area contributed by atoms with Gasteiger partial charge in [-0.2, -0.15) is 9.89 Å². The highest BCUT2D eigenvalue weighted by Crippen LogP contribution is 2.36. The van der Waals surface area contributed by atoms with Gasteiger partial charge < -0.3 is 5.11 Å². The Kier molecular flexibility index (Phi) is 6.81. The SMILES string of the molecule is O=C(O)Nn1nc(-c2ccccc2F)c(-c2cccc([N+](=O)[O-])c2)c1C(=O)NNC(=O)c1cccnc1. The quantitative estimate of drug-likeness (QED) is 0.228. The van der Waals surface area contributed by atoms with Gasteiger partial charge in [0.15, 0.2) is 5.69 Å². The molecule has 0 bridgehead atoms. The molecule has 37 heavy (non-hydrogen) atoms. The second kappa shape index (κ2) is 10.3. The molecule has 4 N–H and O–H groups in total. The van der Waals surface area contributed by atoms with Crippen molar-refractivity contribution in [2.24, 2.45) is 0 Å². The van der Waals surface area contributed by atoms with Crippen LogP contribution in [-0.2, 0) is 0 Å². The van der Waals surface area contributed by atoms with E-state index in [1.54, 1.807) is 0 Å². The normalized spacial score (nSPS) is 10.4. The Labute approximate surface area is 206 Å². The van der Waals surface area contributed by atoms with E-state index >= 15 is 0 Å². The zero-order valence-corrected chi connectivity index (χ0v) is 18.6. The fraction of sp³-hybridized carbons (Fsp3) is 0. The lowest BCUT2D eigenvalue weighted by Crippen LogP contribution is -2.43. The molecule has 0 atom stereocenters. The van der Waals surface area contributed by atoms with Crippen molar-refractivity contribution in [1.29, 1.82) is 0 Å². The van der Waals surface area contributed by atoms with E-state index in [1.807, 2.05) is 5.43 Å². The Hall–Kier alpha value is -5.66. The number of hydrogen-bond donors (Lipinski definition) is 4. The maximum absolute atomic E-state index is 14.8. The standard InChI is InChI=1S/C23H16FN7O6/c24-17-9-2-1-8-16(17)19-18(13-5-3-7-15(11-13)31(36)37)20(30(28-19)29-23(34)35)22(33)27-26-21(32)14-6-4-10-25-12-14/h1-12,29H,(H,26,32)(H,27,33)(H,34,35). The van der Waals surface area contributed by atoms with Gasteiger partial charge in [-0.05, 0) is 29.8 Å². The van der Waals surface area contributed by atoms with Gasteiger partial charge in [0.1, 0.15) is 11.5 Å². The summed E-state index contributed by atoms with van der Waals surface area (Å²) in [7, 11) is 0. The number of amides is 3. The summed E-state index contributed by atoms with van der Waals surface area (Å²) in [5.74, 6) is -2.53. The number of rotatable bonds is 6. The van der Waals surface area contributed by atoms with Gasteiger partial charge in [0.25, 0.3) is 17.5 Å². The molecular formula is C23H16FN7O6. The van der Waals surface area contributed by atoms with E-state index in [-0.39, 0.29) is 33.6 Å². The number of carbonyl (C=O) groups excluding carboxylic acids is 2. The summed E-state index contributed by atoms with van der Waals surface area (Å²) in [5.41, 5.74) is 5.17. The number of carboxylic acid groups (broad SMARTS) is 1. The average molecular weight is 505 g/mol. The van der Waals surface area contributed by atoms with Crippen molar-refractivity contribution in [3.63, 3.8) is 0 Å². The van der Waals surface area contributed by atoms with Crippen molar-refractivity contribution < 1.29 is 28.8 Å². The molecule has 0 saturated heterocycles. The third kappa shape index (κ3) is 5.22. The van der Waals surface area contributed by atoms with Crippen LogP contribution in [0, 0.1) is 15.9 Å². The Balaban J connectivity index is 1.87. The number of hydrogen-bond acceptors (Lipinski definition) is 7. The molecule has 2 heterocycles. The molecule has 13 nitrogen and oxygen atoms in total. The number of nitrogens with one attached hydrogen (secondary N) is 3. The van der Waals surface area contributed by atoms with Gasteiger partial charge in [-0.15, -0.1) is 0 Å². The van der Waals surface area contributed by atoms with Crippen LogP contribution in [0.3, 0.4) is 0 Å². The highest BCUT2D eigenvalue weighted by Gasteiger charge is 2.29. The van der Waals surface area contributed by atoms with Crippen molar-refractivity contribution >= 4 is 23.6 Å². The molecule has 3 amide bonds. The Morgan fingerprint density at radius 3 is 2.43 bits per heavy atom. The minimum Gasteiger partial charge on any atom is -0.464 e. The van der Waals surface area contributed by atoms with Gasteiger partial charge in [-0.25, -0.2) is 14.6 Å². The van der Waals surface area contributed by atoms with Crippen LogP contribution < -0.4 is 16.3 Å². The van der Waals surface area contributed by atoms with Gasteiger partial charge in [-0.3, -0.25) is 35.5 Å². The number of non-ortho nitro benzene ring substituents is 1. The highest BCUT2D eigenvalue weighted by molar-refractivity contribution is 6.05. The van der Waals surface area contributed by atoms with E-state index in [0.29, 0.717) is 4.79 Å². The van der Waals surface area contributed by atoms with E-state index in [4.69, 9.17) is 0 Å². The smallest absolute Gasteiger partial charge is 0.425 e. The van der Waals surface area contributed by atoms with E-state index in [9.17, 15) is 34.0 Å². The lowest BCUT2D eigenvalue weighted by atomic mass is 9.98. The zero-order valence-electron chi connectivity index (χ0n) is 18.6. The third-order valence-corrected chi connectivity index (χ3v) is 4.99. The van der Waals surface area contributed by atoms with Gasteiger partial charge in [-0.1, -0.05) is 24.3 Å². The fourth-order valence-electron chi connectivity index (χ4n) is 3.43. The largest absolute Gasteiger partial charge is 0.464 e. The predicted octanol–water partition coefficient (Wildman–Crippen LogP) is 2.96. The number of nitro groups is 1. The number of carbonyl (C=O) groups is 3.